The summed E-state index contributed by atoms with van der Waals surface area (Å²) in [5.74, 6) is -2.42. The molecule has 1 amide bonds. The lowest BCUT2D eigenvalue weighted by molar-refractivity contribution is -0.192. The maximum Gasteiger partial charge on any atom is 0.490 e. The number of aromatic amines is 1. The van der Waals surface area contributed by atoms with Gasteiger partial charge < -0.3 is 19.9 Å². The fourth-order valence-corrected chi connectivity index (χ4v) is 3.59. The molecule has 4 rings (SSSR count). The molecular weight excluding hydrogens is 543 g/mol. The average Bonchev–Trinajstić information content (AvgIpc) is 3.51. The number of benzene rings is 1. The summed E-state index contributed by atoms with van der Waals surface area (Å²) >= 11 is 7.77. The first kappa shape index (κ1) is 27.6. The van der Waals surface area contributed by atoms with Gasteiger partial charge in [-0.1, -0.05) is 22.9 Å². The first-order chi connectivity index (χ1) is 17.6. The lowest BCUT2D eigenvalue weighted by Crippen LogP contribution is -2.21. The number of ether oxygens (including phenoxy) is 2. The number of carboxylic acids is 1. The van der Waals surface area contributed by atoms with Crippen LogP contribution in [0.15, 0.2) is 36.7 Å². The van der Waals surface area contributed by atoms with Crippen molar-refractivity contribution in [2.75, 3.05) is 31.0 Å². The quantitative estimate of drug-likeness (QED) is 0.233. The van der Waals surface area contributed by atoms with E-state index in [1.807, 2.05) is 12.1 Å². The minimum Gasteiger partial charge on any atom is -0.475 e. The molecule has 0 aliphatic rings. The standard InChI is InChI=1S/C18H16ClN7O3S.C2HF3O2/c1-28-6-7-29-18(27)23-14-8-10(4-5-20-14)16-25-26-17(30-16)22-13-3-2-12-11(15(13)19)9-21-24-12;3-2(4,5)1(6)7/h2-5,8-9H,6-7H2,1H3,(H,21,24)(H,22,26)(H,20,23,27);(H,6,7). The molecule has 1 aromatic carbocycles. The molecule has 4 N–H and O–H groups in total. The Kier molecular flexibility index (Phi) is 9.15. The van der Waals surface area contributed by atoms with Gasteiger partial charge in [0, 0.05) is 24.3 Å². The van der Waals surface area contributed by atoms with Crippen molar-refractivity contribution in [3.05, 3.63) is 41.7 Å². The van der Waals surface area contributed by atoms with Gasteiger partial charge >= 0.3 is 18.2 Å². The normalized spacial score (nSPS) is 10.9. The van der Waals surface area contributed by atoms with Crippen LogP contribution in [-0.4, -0.2) is 69.0 Å². The Labute approximate surface area is 214 Å². The zero-order chi connectivity index (χ0) is 27.0. The van der Waals surface area contributed by atoms with Crippen LogP contribution < -0.4 is 10.6 Å². The minimum absolute atomic E-state index is 0.153. The number of carbonyl (C=O) groups excluding carboxylic acids is 1. The van der Waals surface area contributed by atoms with Crippen molar-refractivity contribution < 1.29 is 37.3 Å². The Hall–Kier alpha value is -4.02. The number of amides is 1. The fourth-order valence-electron chi connectivity index (χ4n) is 2.58. The number of halogens is 4. The molecule has 3 heterocycles. The van der Waals surface area contributed by atoms with Gasteiger partial charge in [-0.3, -0.25) is 10.4 Å². The summed E-state index contributed by atoms with van der Waals surface area (Å²) in [5, 5.41) is 30.7. The van der Waals surface area contributed by atoms with E-state index in [0.29, 0.717) is 33.3 Å². The van der Waals surface area contributed by atoms with Crippen molar-refractivity contribution in [3.8, 4) is 10.6 Å². The molecule has 196 valence electrons. The summed E-state index contributed by atoms with van der Waals surface area (Å²) in [6, 6.07) is 7.18. The van der Waals surface area contributed by atoms with Crippen LogP contribution in [-0.2, 0) is 14.3 Å². The Morgan fingerprint density at radius 3 is 2.68 bits per heavy atom. The predicted molar refractivity (Wildman–Crippen MR) is 128 cm³/mol. The second-order valence-electron chi connectivity index (χ2n) is 6.78. The van der Waals surface area contributed by atoms with E-state index in [2.05, 4.69) is 36.0 Å². The van der Waals surface area contributed by atoms with Gasteiger partial charge in [0.2, 0.25) is 5.13 Å². The number of pyridine rings is 1. The van der Waals surface area contributed by atoms with E-state index in [0.717, 1.165) is 16.5 Å². The SMILES string of the molecule is COCCOC(=O)Nc1cc(-c2nnc(Nc3ccc4[nH]ncc4c3Cl)s2)ccn1.O=C(O)C(F)(F)F. The highest BCUT2D eigenvalue weighted by Crippen LogP contribution is 2.34. The summed E-state index contributed by atoms with van der Waals surface area (Å²) < 4.78 is 41.5. The zero-order valence-electron chi connectivity index (χ0n) is 18.7. The van der Waals surface area contributed by atoms with Crippen molar-refractivity contribution in [3.63, 3.8) is 0 Å². The molecule has 0 aliphatic carbocycles. The highest BCUT2D eigenvalue weighted by atomic mass is 35.5. The molecule has 37 heavy (non-hydrogen) atoms. The highest BCUT2D eigenvalue weighted by molar-refractivity contribution is 7.18. The van der Waals surface area contributed by atoms with E-state index in [1.165, 1.54) is 18.4 Å². The van der Waals surface area contributed by atoms with E-state index in [-0.39, 0.29) is 6.61 Å². The summed E-state index contributed by atoms with van der Waals surface area (Å²) in [6.07, 6.45) is -2.46. The summed E-state index contributed by atoms with van der Waals surface area (Å²) in [7, 11) is 1.53. The average molecular weight is 560 g/mol. The Bertz CT molecular complexity index is 1380. The number of anilines is 3. The number of nitrogens with zero attached hydrogens (tertiary/aromatic N) is 4. The van der Waals surface area contributed by atoms with Gasteiger partial charge in [-0.25, -0.2) is 14.6 Å². The van der Waals surface area contributed by atoms with Crippen LogP contribution in [0.4, 0.5) is 34.6 Å². The number of alkyl halides is 3. The van der Waals surface area contributed by atoms with Crippen molar-refractivity contribution >= 4 is 62.5 Å². The monoisotopic (exact) mass is 559 g/mol. The largest absolute Gasteiger partial charge is 0.490 e. The Morgan fingerprint density at radius 1 is 1.22 bits per heavy atom. The minimum atomic E-state index is -5.08. The first-order valence-corrected chi connectivity index (χ1v) is 11.2. The van der Waals surface area contributed by atoms with Crippen LogP contribution in [0.25, 0.3) is 21.5 Å². The third-order valence-corrected chi connectivity index (χ3v) is 5.52. The van der Waals surface area contributed by atoms with Gasteiger partial charge in [0.25, 0.3) is 0 Å². The number of methoxy groups -OCH3 is 1. The number of H-pyrrole nitrogens is 1. The number of hydrogen-bond donors (Lipinski definition) is 4. The van der Waals surface area contributed by atoms with Crippen LogP contribution in [0.2, 0.25) is 5.02 Å². The molecule has 3 aromatic heterocycles. The van der Waals surface area contributed by atoms with Crippen LogP contribution in [0.5, 0.6) is 0 Å². The van der Waals surface area contributed by atoms with Crippen molar-refractivity contribution in [1.82, 2.24) is 25.4 Å². The molecule has 12 nitrogen and oxygen atoms in total. The topological polar surface area (TPSA) is 164 Å². The number of carbonyl (C=O) groups is 2. The maximum absolute atomic E-state index is 11.8. The molecule has 0 fully saturated rings. The second kappa shape index (κ2) is 12.3. The molecule has 0 unspecified atom stereocenters. The van der Waals surface area contributed by atoms with Crippen molar-refractivity contribution in [1.29, 1.82) is 0 Å². The van der Waals surface area contributed by atoms with Gasteiger partial charge in [0.05, 0.1) is 29.0 Å². The second-order valence-corrected chi connectivity index (χ2v) is 8.14. The lowest BCUT2D eigenvalue weighted by atomic mass is 10.2. The molecule has 0 radical (unpaired) electrons. The third-order valence-electron chi connectivity index (χ3n) is 4.23. The van der Waals surface area contributed by atoms with E-state index in [4.69, 9.17) is 31.0 Å². The third kappa shape index (κ3) is 7.73. The van der Waals surface area contributed by atoms with E-state index < -0.39 is 18.2 Å². The van der Waals surface area contributed by atoms with Gasteiger partial charge in [0.1, 0.15) is 17.4 Å². The molecule has 0 aliphatic heterocycles. The number of hydrogen-bond acceptors (Lipinski definition) is 10. The number of fused-ring (bicyclic) bond motifs is 1. The molecule has 0 saturated carbocycles. The smallest absolute Gasteiger partial charge is 0.475 e. The highest BCUT2D eigenvalue weighted by Gasteiger charge is 2.38. The van der Waals surface area contributed by atoms with Crippen LogP contribution in [0.1, 0.15) is 0 Å². The van der Waals surface area contributed by atoms with Gasteiger partial charge in [-0.2, -0.15) is 18.3 Å². The fraction of sp³-hybridized carbons (Fsp3) is 0.200. The molecule has 0 spiro atoms. The number of rotatable bonds is 7. The molecule has 0 bridgehead atoms. The van der Waals surface area contributed by atoms with E-state index >= 15 is 0 Å². The number of aliphatic carboxylic acids is 1. The zero-order valence-corrected chi connectivity index (χ0v) is 20.2. The Balaban J connectivity index is 0.000000479. The van der Waals surface area contributed by atoms with Gasteiger partial charge in [-0.05, 0) is 24.3 Å². The molecule has 4 aromatic rings. The number of nitrogens with one attached hydrogen (secondary N) is 3. The summed E-state index contributed by atoms with van der Waals surface area (Å²) in [5.41, 5.74) is 2.30. The molecule has 17 heteroatoms. The van der Waals surface area contributed by atoms with Crippen LogP contribution in [0, 0.1) is 0 Å². The number of carboxylic acid groups (broad SMARTS) is 1. The van der Waals surface area contributed by atoms with Gasteiger partial charge in [-0.15, -0.1) is 10.2 Å². The molecule has 0 saturated heterocycles. The maximum atomic E-state index is 11.8. The van der Waals surface area contributed by atoms with E-state index in [9.17, 15) is 18.0 Å². The van der Waals surface area contributed by atoms with E-state index in [1.54, 1.807) is 24.5 Å². The van der Waals surface area contributed by atoms with Gasteiger partial charge in [0.15, 0.2) is 0 Å². The molecular formula is C20H17ClF3N7O5S. The summed E-state index contributed by atoms with van der Waals surface area (Å²) in [4.78, 5) is 24.8. The number of aromatic nitrogens is 5. The summed E-state index contributed by atoms with van der Waals surface area (Å²) in [6.45, 7) is 0.472. The van der Waals surface area contributed by atoms with Crippen molar-refractivity contribution in [2.24, 2.45) is 0 Å². The Morgan fingerprint density at radius 2 is 1.97 bits per heavy atom. The first-order valence-electron chi connectivity index (χ1n) is 10.00. The lowest BCUT2D eigenvalue weighted by Gasteiger charge is -2.06. The van der Waals surface area contributed by atoms with Crippen molar-refractivity contribution in [2.45, 2.75) is 6.18 Å². The van der Waals surface area contributed by atoms with Crippen LogP contribution >= 0.6 is 22.9 Å². The molecule has 0 atom stereocenters. The van der Waals surface area contributed by atoms with Crippen LogP contribution in [0.3, 0.4) is 0 Å². The predicted octanol–water partition coefficient (Wildman–Crippen LogP) is 4.70.